The number of esters is 1. The van der Waals surface area contributed by atoms with Crippen LogP contribution in [0.1, 0.15) is 42.3 Å². The first-order valence-electron chi connectivity index (χ1n) is 8.79. The zero-order valence-electron chi connectivity index (χ0n) is 15.4. The number of amides is 1. The SMILES string of the molecule is CC(=O)OC(C)(C)Cc1ccc(NC(=O)c2ccc3c(c2)NCC3)cc1. The van der Waals surface area contributed by atoms with Crippen molar-refractivity contribution in [2.24, 2.45) is 0 Å². The highest BCUT2D eigenvalue weighted by Gasteiger charge is 2.21. The molecule has 1 amide bonds. The van der Waals surface area contributed by atoms with Crippen LogP contribution in [0.4, 0.5) is 11.4 Å². The largest absolute Gasteiger partial charge is 0.460 e. The molecule has 0 atom stereocenters. The van der Waals surface area contributed by atoms with Crippen molar-refractivity contribution in [2.45, 2.75) is 39.2 Å². The summed E-state index contributed by atoms with van der Waals surface area (Å²) in [6.45, 7) is 6.10. The number of benzene rings is 2. The monoisotopic (exact) mass is 352 g/mol. The zero-order chi connectivity index (χ0) is 18.7. The predicted octanol–water partition coefficient (Wildman–Crippen LogP) is 3.79. The second-order valence-corrected chi connectivity index (χ2v) is 7.23. The molecule has 1 aliphatic rings. The number of ether oxygens (including phenoxy) is 1. The molecule has 26 heavy (non-hydrogen) atoms. The van der Waals surface area contributed by atoms with Gasteiger partial charge in [0.1, 0.15) is 5.60 Å². The standard InChI is InChI=1S/C21H24N2O3/c1-14(24)26-21(2,3)13-15-4-8-18(9-5-15)23-20(25)17-7-6-16-10-11-22-19(16)12-17/h4-9,12,22H,10-11,13H2,1-3H3,(H,23,25). The van der Waals surface area contributed by atoms with E-state index in [9.17, 15) is 9.59 Å². The van der Waals surface area contributed by atoms with Crippen molar-refractivity contribution < 1.29 is 14.3 Å². The third-order valence-corrected chi connectivity index (χ3v) is 4.34. The normalized spacial score (nSPS) is 12.9. The molecular formula is C21H24N2O3. The number of rotatable bonds is 5. The second-order valence-electron chi connectivity index (χ2n) is 7.23. The van der Waals surface area contributed by atoms with Gasteiger partial charge in [-0.1, -0.05) is 18.2 Å². The molecule has 0 saturated carbocycles. The van der Waals surface area contributed by atoms with Crippen LogP contribution in [0.25, 0.3) is 0 Å². The molecule has 0 saturated heterocycles. The minimum atomic E-state index is -0.561. The quantitative estimate of drug-likeness (QED) is 0.804. The Morgan fingerprint density at radius 3 is 2.58 bits per heavy atom. The third kappa shape index (κ3) is 4.42. The van der Waals surface area contributed by atoms with Crippen LogP contribution in [-0.2, 0) is 22.4 Å². The lowest BCUT2D eigenvalue weighted by molar-refractivity contribution is -0.153. The average Bonchev–Trinajstić information content (AvgIpc) is 3.02. The van der Waals surface area contributed by atoms with E-state index in [1.165, 1.54) is 12.5 Å². The van der Waals surface area contributed by atoms with Crippen molar-refractivity contribution in [1.82, 2.24) is 0 Å². The van der Waals surface area contributed by atoms with Gasteiger partial charge in [-0.05, 0) is 55.7 Å². The Balaban J connectivity index is 1.64. The van der Waals surface area contributed by atoms with Gasteiger partial charge in [0.05, 0.1) is 0 Å². The van der Waals surface area contributed by atoms with Gasteiger partial charge in [-0.15, -0.1) is 0 Å². The first-order valence-corrected chi connectivity index (χ1v) is 8.79. The van der Waals surface area contributed by atoms with E-state index in [4.69, 9.17) is 4.74 Å². The highest BCUT2D eigenvalue weighted by Crippen LogP contribution is 2.24. The molecule has 3 rings (SSSR count). The third-order valence-electron chi connectivity index (χ3n) is 4.34. The lowest BCUT2D eigenvalue weighted by Gasteiger charge is -2.24. The fourth-order valence-electron chi connectivity index (χ4n) is 3.26. The summed E-state index contributed by atoms with van der Waals surface area (Å²) in [7, 11) is 0. The van der Waals surface area contributed by atoms with E-state index in [-0.39, 0.29) is 11.9 Å². The van der Waals surface area contributed by atoms with Crippen LogP contribution in [-0.4, -0.2) is 24.0 Å². The first kappa shape index (κ1) is 18.0. The summed E-state index contributed by atoms with van der Waals surface area (Å²) in [4.78, 5) is 23.6. The Bertz CT molecular complexity index is 826. The molecule has 0 unspecified atom stereocenters. The maximum absolute atomic E-state index is 12.5. The molecule has 2 aromatic rings. The summed E-state index contributed by atoms with van der Waals surface area (Å²) in [6.07, 6.45) is 1.61. The molecule has 2 aromatic carbocycles. The summed E-state index contributed by atoms with van der Waals surface area (Å²) in [6, 6.07) is 13.4. The van der Waals surface area contributed by atoms with Crippen LogP contribution >= 0.6 is 0 Å². The number of carbonyl (C=O) groups is 2. The van der Waals surface area contributed by atoms with Crippen molar-refractivity contribution in [3.05, 3.63) is 59.2 Å². The predicted molar refractivity (Wildman–Crippen MR) is 103 cm³/mol. The van der Waals surface area contributed by atoms with E-state index in [1.54, 1.807) is 0 Å². The Kier molecular flexibility index (Phi) is 4.98. The molecule has 2 N–H and O–H groups in total. The van der Waals surface area contributed by atoms with Gasteiger partial charge in [-0.25, -0.2) is 0 Å². The van der Waals surface area contributed by atoms with Gasteiger partial charge in [-0.2, -0.15) is 0 Å². The van der Waals surface area contributed by atoms with Crippen LogP contribution in [0.3, 0.4) is 0 Å². The summed E-state index contributed by atoms with van der Waals surface area (Å²) in [5.41, 5.74) is 4.14. The molecule has 5 nitrogen and oxygen atoms in total. The van der Waals surface area contributed by atoms with Crippen molar-refractivity contribution in [3.63, 3.8) is 0 Å². The van der Waals surface area contributed by atoms with Crippen molar-refractivity contribution >= 4 is 23.3 Å². The molecule has 0 bridgehead atoms. The van der Waals surface area contributed by atoms with Crippen molar-refractivity contribution in [2.75, 3.05) is 17.2 Å². The van der Waals surface area contributed by atoms with Crippen LogP contribution in [0, 0.1) is 0 Å². The van der Waals surface area contributed by atoms with Gasteiger partial charge in [0, 0.05) is 36.8 Å². The summed E-state index contributed by atoms with van der Waals surface area (Å²) >= 11 is 0. The Morgan fingerprint density at radius 2 is 1.88 bits per heavy atom. The maximum atomic E-state index is 12.5. The molecule has 1 aliphatic heterocycles. The van der Waals surface area contributed by atoms with Gasteiger partial charge >= 0.3 is 5.97 Å². The number of hydrogen-bond acceptors (Lipinski definition) is 4. The Morgan fingerprint density at radius 1 is 1.15 bits per heavy atom. The minimum Gasteiger partial charge on any atom is -0.460 e. The molecular weight excluding hydrogens is 328 g/mol. The molecule has 136 valence electrons. The van der Waals surface area contributed by atoms with Gasteiger partial charge in [0.2, 0.25) is 0 Å². The van der Waals surface area contributed by atoms with Crippen LogP contribution in [0.2, 0.25) is 0 Å². The van der Waals surface area contributed by atoms with Gasteiger partial charge in [0.15, 0.2) is 0 Å². The number of nitrogens with one attached hydrogen (secondary N) is 2. The number of carbonyl (C=O) groups excluding carboxylic acids is 2. The zero-order valence-corrected chi connectivity index (χ0v) is 15.4. The molecule has 0 radical (unpaired) electrons. The molecule has 0 aliphatic carbocycles. The number of hydrogen-bond donors (Lipinski definition) is 2. The second kappa shape index (κ2) is 7.20. The first-order chi connectivity index (χ1) is 12.3. The fourth-order valence-corrected chi connectivity index (χ4v) is 3.26. The van der Waals surface area contributed by atoms with E-state index in [0.717, 1.165) is 29.9 Å². The molecule has 1 heterocycles. The van der Waals surface area contributed by atoms with E-state index >= 15 is 0 Å². The molecule has 0 spiro atoms. The van der Waals surface area contributed by atoms with E-state index in [1.807, 2.05) is 56.3 Å². The van der Waals surface area contributed by atoms with Gasteiger partial charge < -0.3 is 15.4 Å². The maximum Gasteiger partial charge on any atom is 0.303 e. The summed E-state index contributed by atoms with van der Waals surface area (Å²) in [5.74, 6) is -0.419. The van der Waals surface area contributed by atoms with Crippen LogP contribution < -0.4 is 10.6 Å². The smallest absolute Gasteiger partial charge is 0.303 e. The minimum absolute atomic E-state index is 0.130. The highest BCUT2D eigenvalue weighted by atomic mass is 16.6. The number of anilines is 2. The number of fused-ring (bicyclic) bond motifs is 1. The van der Waals surface area contributed by atoms with Gasteiger partial charge in [-0.3, -0.25) is 9.59 Å². The molecule has 0 aromatic heterocycles. The lowest BCUT2D eigenvalue weighted by Crippen LogP contribution is -2.29. The van der Waals surface area contributed by atoms with E-state index < -0.39 is 5.60 Å². The summed E-state index contributed by atoms with van der Waals surface area (Å²) in [5, 5.41) is 6.21. The Labute approximate surface area is 153 Å². The van der Waals surface area contributed by atoms with Crippen molar-refractivity contribution in [1.29, 1.82) is 0 Å². The molecule has 0 fully saturated rings. The fraction of sp³-hybridized carbons (Fsp3) is 0.333. The highest BCUT2D eigenvalue weighted by molar-refractivity contribution is 6.05. The van der Waals surface area contributed by atoms with Gasteiger partial charge in [0.25, 0.3) is 5.91 Å². The van der Waals surface area contributed by atoms with E-state index in [0.29, 0.717) is 12.0 Å². The lowest BCUT2D eigenvalue weighted by atomic mass is 9.98. The van der Waals surface area contributed by atoms with Crippen LogP contribution in [0.15, 0.2) is 42.5 Å². The topological polar surface area (TPSA) is 67.4 Å². The summed E-state index contributed by atoms with van der Waals surface area (Å²) < 4.78 is 5.32. The Hall–Kier alpha value is -2.82. The van der Waals surface area contributed by atoms with Crippen LogP contribution in [0.5, 0.6) is 0 Å². The molecule has 5 heteroatoms. The van der Waals surface area contributed by atoms with E-state index in [2.05, 4.69) is 10.6 Å². The van der Waals surface area contributed by atoms with Crippen molar-refractivity contribution in [3.8, 4) is 0 Å². The average molecular weight is 352 g/mol.